The molecule has 4 rings (SSSR count). The van der Waals surface area contributed by atoms with Crippen molar-refractivity contribution in [3.8, 4) is 5.75 Å². The Morgan fingerprint density at radius 2 is 2.03 bits per heavy atom. The average Bonchev–Trinajstić information content (AvgIpc) is 2.77. The molecule has 2 aliphatic heterocycles. The Labute approximate surface area is 169 Å². The number of rotatable bonds is 5. The summed E-state index contributed by atoms with van der Waals surface area (Å²) in [7, 11) is 0. The van der Waals surface area contributed by atoms with Crippen molar-refractivity contribution in [2.45, 2.75) is 25.8 Å². The average molecular weight is 395 g/mol. The standard InChI is InChI=1S/C22H25N3O4/c26-14-19-12-23-7-3-21(19)24-8-4-16(5-9-24)15-29-20-2-1-17-6-10-25(22(27)28)13-18(17)11-20/h1-3,7,11-12,14,16H,4-6,8-10,13,15H2,(H,27,28). The van der Waals surface area contributed by atoms with Gasteiger partial charge in [0.1, 0.15) is 5.75 Å². The van der Waals surface area contributed by atoms with Crippen molar-refractivity contribution in [1.29, 1.82) is 0 Å². The van der Waals surface area contributed by atoms with Gasteiger partial charge in [-0.05, 0) is 54.5 Å². The first-order valence-electron chi connectivity index (χ1n) is 10.0. The van der Waals surface area contributed by atoms with E-state index in [1.165, 1.54) is 10.5 Å². The van der Waals surface area contributed by atoms with Gasteiger partial charge in [-0.2, -0.15) is 0 Å². The lowest BCUT2D eigenvalue weighted by atomic mass is 9.97. The number of aromatic nitrogens is 1. The van der Waals surface area contributed by atoms with E-state index >= 15 is 0 Å². The fourth-order valence-corrected chi connectivity index (χ4v) is 4.12. The Bertz CT molecular complexity index is 893. The predicted octanol–water partition coefficient (Wildman–Crippen LogP) is 3.23. The zero-order valence-corrected chi connectivity index (χ0v) is 16.3. The van der Waals surface area contributed by atoms with Gasteiger partial charge in [0.15, 0.2) is 6.29 Å². The van der Waals surface area contributed by atoms with Crippen molar-refractivity contribution in [1.82, 2.24) is 9.88 Å². The van der Waals surface area contributed by atoms with E-state index < -0.39 is 6.09 Å². The SMILES string of the molecule is O=Cc1cnccc1N1CCC(COc2ccc3c(c2)CN(C(=O)O)CC3)CC1. The van der Waals surface area contributed by atoms with Crippen LogP contribution in [0.15, 0.2) is 36.7 Å². The summed E-state index contributed by atoms with van der Waals surface area (Å²) in [5, 5.41) is 9.21. The molecule has 1 saturated heterocycles. The van der Waals surface area contributed by atoms with Crippen LogP contribution in [0.1, 0.15) is 34.3 Å². The van der Waals surface area contributed by atoms with Gasteiger partial charge in [0.25, 0.3) is 0 Å². The minimum atomic E-state index is -0.874. The summed E-state index contributed by atoms with van der Waals surface area (Å²) in [5.74, 6) is 1.26. The Hall–Kier alpha value is -3.09. The number of anilines is 1. The van der Waals surface area contributed by atoms with Gasteiger partial charge in [0.2, 0.25) is 0 Å². The number of pyridine rings is 1. The number of hydrogen-bond acceptors (Lipinski definition) is 5. The number of ether oxygens (including phenoxy) is 1. The van der Waals surface area contributed by atoms with Crippen molar-refractivity contribution < 1.29 is 19.4 Å². The van der Waals surface area contributed by atoms with Crippen LogP contribution in [0, 0.1) is 5.92 Å². The van der Waals surface area contributed by atoms with E-state index in [4.69, 9.17) is 4.74 Å². The van der Waals surface area contributed by atoms with Crippen LogP contribution in [0.4, 0.5) is 10.5 Å². The number of piperidine rings is 1. The van der Waals surface area contributed by atoms with Crippen molar-refractivity contribution in [3.05, 3.63) is 53.3 Å². The molecule has 7 heteroatoms. The fraction of sp³-hybridized carbons (Fsp3) is 0.409. The van der Waals surface area contributed by atoms with E-state index in [1.807, 2.05) is 18.2 Å². The lowest BCUT2D eigenvalue weighted by molar-refractivity contribution is 0.112. The van der Waals surface area contributed by atoms with Crippen LogP contribution in [-0.2, 0) is 13.0 Å². The monoisotopic (exact) mass is 395 g/mol. The Balaban J connectivity index is 1.31. The summed E-state index contributed by atoms with van der Waals surface area (Å²) in [4.78, 5) is 30.1. The van der Waals surface area contributed by atoms with E-state index in [-0.39, 0.29) is 0 Å². The smallest absolute Gasteiger partial charge is 0.407 e. The van der Waals surface area contributed by atoms with Gasteiger partial charge in [-0.1, -0.05) is 6.07 Å². The zero-order chi connectivity index (χ0) is 20.2. The highest BCUT2D eigenvalue weighted by Gasteiger charge is 2.23. The number of benzene rings is 1. The molecule has 0 spiro atoms. The highest BCUT2D eigenvalue weighted by atomic mass is 16.5. The van der Waals surface area contributed by atoms with Gasteiger partial charge in [0, 0.05) is 38.6 Å². The molecule has 1 fully saturated rings. The fourth-order valence-electron chi connectivity index (χ4n) is 4.12. The molecule has 0 bridgehead atoms. The third-order valence-electron chi connectivity index (χ3n) is 5.86. The zero-order valence-electron chi connectivity index (χ0n) is 16.3. The maximum absolute atomic E-state index is 11.2. The molecule has 2 aromatic rings. The van der Waals surface area contributed by atoms with Crippen molar-refractivity contribution in [2.24, 2.45) is 5.92 Å². The number of fused-ring (bicyclic) bond motifs is 1. The van der Waals surface area contributed by atoms with E-state index in [0.717, 1.165) is 55.6 Å². The van der Waals surface area contributed by atoms with Crippen LogP contribution < -0.4 is 9.64 Å². The Morgan fingerprint density at radius 3 is 2.79 bits per heavy atom. The van der Waals surface area contributed by atoms with Gasteiger partial charge in [-0.15, -0.1) is 0 Å². The lowest BCUT2D eigenvalue weighted by Gasteiger charge is -2.34. The van der Waals surface area contributed by atoms with Gasteiger partial charge < -0.3 is 19.6 Å². The first kappa shape index (κ1) is 19.2. The summed E-state index contributed by atoms with van der Waals surface area (Å²) >= 11 is 0. The molecule has 0 saturated carbocycles. The molecule has 0 radical (unpaired) electrons. The molecule has 1 N–H and O–H groups in total. The molecular formula is C22H25N3O4. The highest BCUT2D eigenvalue weighted by Crippen LogP contribution is 2.27. The number of amides is 1. The summed E-state index contributed by atoms with van der Waals surface area (Å²) in [6.45, 7) is 3.38. The molecule has 152 valence electrons. The molecule has 7 nitrogen and oxygen atoms in total. The van der Waals surface area contributed by atoms with Crippen LogP contribution in [0.3, 0.4) is 0 Å². The summed E-state index contributed by atoms with van der Waals surface area (Å²) in [5.41, 5.74) is 3.82. The molecule has 0 atom stereocenters. The van der Waals surface area contributed by atoms with Crippen LogP contribution >= 0.6 is 0 Å². The van der Waals surface area contributed by atoms with Gasteiger partial charge in [0.05, 0.1) is 17.9 Å². The van der Waals surface area contributed by atoms with E-state index in [1.54, 1.807) is 12.4 Å². The van der Waals surface area contributed by atoms with Gasteiger partial charge >= 0.3 is 6.09 Å². The van der Waals surface area contributed by atoms with Gasteiger partial charge in [-0.3, -0.25) is 9.78 Å². The first-order valence-corrected chi connectivity index (χ1v) is 10.0. The Kier molecular flexibility index (Phi) is 5.64. The number of carbonyl (C=O) groups is 2. The van der Waals surface area contributed by atoms with Crippen molar-refractivity contribution in [3.63, 3.8) is 0 Å². The number of hydrogen-bond donors (Lipinski definition) is 1. The molecule has 1 aromatic carbocycles. The summed E-state index contributed by atoms with van der Waals surface area (Å²) in [6, 6.07) is 7.91. The second kappa shape index (κ2) is 8.51. The third kappa shape index (κ3) is 4.34. The molecule has 3 heterocycles. The summed E-state index contributed by atoms with van der Waals surface area (Å²) in [6.07, 6.45) is 6.06. The van der Waals surface area contributed by atoms with Crippen LogP contribution in [0.25, 0.3) is 0 Å². The molecule has 1 amide bonds. The molecular weight excluding hydrogens is 370 g/mol. The van der Waals surface area contributed by atoms with Crippen molar-refractivity contribution >= 4 is 18.1 Å². The second-order valence-corrected chi connectivity index (χ2v) is 7.68. The number of carboxylic acid groups (broad SMARTS) is 1. The minimum Gasteiger partial charge on any atom is -0.493 e. The maximum atomic E-state index is 11.2. The van der Waals surface area contributed by atoms with Crippen LogP contribution in [0.5, 0.6) is 5.75 Å². The molecule has 29 heavy (non-hydrogen) atoms. The van der Waals surface area contributed by atoms with Crippen LogP contribution in [-0.4, -0.2) is 53.6 Å². The largest absolute Gasteiger partial charge is 0.493 e. The summed E-state index contributed by atoms with van der Waals surface area (Å²) < 4.78 is 6.04. The quantitative estimate of drug-likeness (QED) is 0.783. The normalized spacial score (nSPS) is 17.0. The second-order valence-electron chi connectivity index (χ2n) is 7.68. The van der Waals surface area contributed by atoms with E-state index in [0.29, 0.717) is 31.2 Å². The molecule has 1 aromatic heterocycles. The molecule has 0 unspecified atom stereocenters. The third-order valence-corrected chi connectivity index (χ3v) is 5.86. The van der Waals surface area contributed by atoms with E-state index in [9.17, 15) is 14.7 Å². The predicted molar refractivity (Wildman–Crippen MR) is 109 cm³/mol. The van der Waals surface area contributed by atoms with Crippen LogP contribution in [0.2, 0.25) is 0 Å². The van der Waals surface area contributed by atoms with E-state index in [2.05, 4.69) is 16.0 Å². The number of nitrogens with zero attached hydrogens (tertiary/aromatic N) is 3. The van der Waals surface area contributed by atoms with Crippen molar-refractivity contribution in [2.75, 3.05) is 31.1 Å². The lowest BCUT2D eigenvalue weighted by Crippen LogP contribution is -2.36. The number of aldehydes is 1. The molecule has 0 aliphatic carbocycles. The number of carbonyl (C=O) groups excluding carboxylic acids is 1. The minimum absolute atomic E-state index is 0.422. The maximum Gasteiger partial charge on any atom is 0.407 e. The van der Waals surface area contributed by atoms with Gasteiger partial charge in [-0.25, -0.2) is 4.79 Å². The molecule has 2 aliphatic rings. The highest BCUT2D eigenvalue weighted by molar-refractivity contribution is 5.83. The Morgan fingerprint density at radius 1 is 1.21 bits per heavy atom. The topological polar surface area (TPSA) is 83.0 Å². The first-order chi connectivity index (χ1) is 14.1.